The van der Waals surface area contributed by atoms with Crippen LogP contribution in [-0.2, 0) is 23.1 Å². The van der Waals surface area contributed by atoms with Gasteiger partial charge in [-0.15, -0.1) is 0 Å². The van der Waals surface area contributed by atoms with Gasteiger partial charge in [0.1, 0.15) is 0 Å². The van der Waals surface area contributed by atoms with Gasteiger partial charge in [0.2, 0.25) is 0 Å². The molecule has 27 heavy (non-hydrogen) atoms. The molecule has 0 amide bonds. The van der Waals surface area contributed by atoms with Crippen molar-refractivity contribution in [3.63, 3.8) is 0 Å². The van der Waals surface area contributed by atoms with Crippen molar-refractivity contribution in [2.45, 2.75) is 46.2 Å². The fraction of sp³-hybridized carbons (Fsp3) is 0.526. The van der Waals surface area contributed by atoms with Crippen molar-refractivity contribution in [3.8, 4) is 0 Å². The maximum atomic E-state index is 15.1. The van der Waals surface area contributed by atoms with E-state index in [9.17, 15) is 8.42 Å². The fourth-order valence-corrected chi connectivity index (χ4v) is 3.88. The lowest BCUT2D eigenvalue weighted by atomic mass is 9.85. The molecule has 1 unspecified atom stereocenters. The van der Waals surface area contributed by atoms with Crippen molar-refractivity contribution >= 4 is 26.1 Å². The zero-order valence-corrected chi connectivity index (χ0v) is 18.8. The van der Waals surface area contributed by atoms with Crippen molar-refractivity contribution in [2.24, 2.45) is 5.41 Å². The van der Waals surface area contributed by atoms with Crippen molar-refractivity contribution in [2.75, 3.05) is 14.1 Å². The Kier molecular flexibility index (Phi) is 6.86. The van der Waals surface area contributed by atoms with Crippen molar-refractivity contribution in [1.82, 2.24) is 13.3 Å². The van der Waals surface area contributed by atoms with Crippen molar-refractivity contribution in [3.05, 3.63) is 52.0 Å². The lowest BCUT2D eigenvalue weighted by Gasteiger charge is -2.20. The molecule has 1 heterocycles. The number of hydrogen-bond acceptors (Lipinski definition) is 3. The van der Waals surface area contributed by atoms with Crippen LogP contribution >= 0.6 is 15.9 Å². The van der Waals surface area contributed by atoms with Gasteiger partial charge in [-0.25, -0.2) is 13.3 Å². The van der Waals surface area contributed by atoms with E-state index in [1.165, 1.54) is 20.3 Å². The van der Waals surface area contributed by atoms with E-state index in [0.29, 0.717) is 12.1 Å². The molecule has 2 rings (SSSR count). The Labute approximate surface area is 169 Å². The molecule has 1 atom stereocenters. The highest BCUT2D eigenvalue weighted by Gasteiger charge is 2.29. The van der Waals surface area contributed by atoms with Gasteiger partial charge in [-0.3, -0.25) is 0 Å². The van der Waals surface area contributed by atoms with Crippen molar-refractivity contribution < 1.29 is 12.8 Å². The summed E-state index contributed by atoms with van der Waals surface area (Å²) in [5, 5.41) is 0. The van der Waals surface area contributed by atoms with Gasteiger partial charge in [0.15, 0.2) is 12.0 Å². The van der Waals surface area contributed by atoms with Gasteiger partial charge in [0.25, 0.3) is 0 Å². The monoisotopic (exact) mass is 459 g/mol. The number of aromatic nitrogens is 2. The summed E-state index contributed by atoms with van der Waals surface area (Å²) in [4.78, 5) is 4.38. The highest BCUT2D eigenvalue weighted by molar-refractivity contribution is 9.10. The zero-order chi connectivity index (χ0) is 20.4. The van der Waals surface area contributed by atoms with E-state index in [4.69, 9.17) is 0 Å². The van der Waals surface area contributed by atoms with E-state index in [-0.39, 0.29) is 17.7 Å². The van der Waals surface area contributed by atoms with Crippen LogP contribution in [0.1, 0.15) is 50.4 Å². The summed E-state index contributed by atoms with van der Waals surface area (Å²) in [6.07, 6.45) is 1.48. The van der Waals surface area contributed by atoms with Crippen LogP contribution in [-0.4, -0.2) is 35.8 Å². The number of halogens is 2. The molecule has 0 aliphatic carbocycles. The Morgan fingerprint density at radius 2 is 1.85 bits per heavy atom. The Morgan fingerprint density at radius 3 is 2.37 bits per heavy atom. The molecule has 0 N–H and O–H groups in total. The van der Waals surface area contributed by atoms with Crippen LogP contribution in [0.15, 0.2) is 34.9 Å². The van der Waals surface area contributed by atoms with E-state index in [1.54, 1.807) is 0 Å². The smallest absolute Gasteiger partial charge is 0.238 e. The number of alkyl halides is 1. The second-order valence-corrected chi connectivity index (χ2v) is 10.6. The summed E-state index contributed by atoms with van der Waals surface area (Å²) < 4.78 is 43.4. The van der Waals surface area contributed by atoms with E-state index >= 15 is 4.39 Å². The lowest BCUT2D eigenvalue weighted by molar-refractivity contribution is 0.320. The van der Waals surface area contributed by atoms with Crippen LogP contribution < -0.4 is 0 Å². The van der Waals surface area contributed by atoms with Crippen LogP contribution in [0.2, 0.25) is 0 Å². The highest BCUT2D eigenvalue weighted by Crippen LogP contribution is 2.29. The normalized spacial score (nSPS) is 13.9. The fourth-order valence-electron chi connectivity index (χ4n) is 2.61. The van der Waals surface area contributed by atoms with Gasteiger partial charge in [0, 0.05) is 31.2 Å². The zero-order valence-electron chi connectivity index (χ0n) is 16.4. The molecule has 0 bridgehead atoms. The SMILES string of the molecule is CCC(C)(C)Cc1cn(S(=O)(=O)N(C)C)c(C(F)Cc2ccc(Br)cc2)n1. The summed E-state index contributed by atoms with van der Waals surface area (Å²) in [6.45, 7) is 6.24. The van der Waals surface area contributed by atoms with Crippen molar-refractivity contribution in [1.29, 1.82) is 0 Å². The molecule has 1 aromatic heterocycles. The number of benzene rings is 1. The molecule has 0 saturated heterocycles. The first-order valence-electron chi connectivity index (χ1n) is 8.86. The first-order valence-corrected chi connectivity index (χ1v) is 11.0. The first kappa shape index (κ1) is 22.0. The molecule has 0 spiro atoms. The third-order valence-electron chi connectivity index (χ3n) is 4.69. The van der Waals surface area contributed by atoms with E-state index in [2.05, 4.69) is 41.7 Å². The number of hydrogen-bond donors (Lipinski definition) is 0. The first-order chi connectivity index (χ1) is 12.5. The minimum Gasteiger partial charge on any atom is -0.238 e. The summed E-state index contributed by atoms with van der Waals surface area (Å²) in [5.41, 5.74) is 1.31. The molecule has 8 heteroatoms. The number of nitrogens with zero attached hydrogens (tertiary/aromatic N) is 3. The van der Waals surface area contributed by atoms with E-state index in [0.717, 1.165) is 24.7 Å². The molecule has 0 aliphatic heterocycles. The van der Waals surface area contributed by atoms with Gasteiger partial charge < -0.3 is 0 Å². The number of imidazole rings is 1. The molecule has 0 radical (unpaired) electrons. The Hall–Kier alpha value is -1.25. The predicted octanol–water partition coefficient (Wildman–Crippen LogP) is 4.53. The summed E-state index contributed by atoms with van der Waals surface area (Å²) in [6, 6.07) is 7.29. The Balaban J connectivity index is 2.42. The Morgan fingerprint density at radius 1 is 1.26 bits per heavy atom. The van der Waals surface area contributed by atoms with E-state index in [1.807, 2.05) is 24.3 Å². The number of rotatable bonds is 8. The van der Waals surface area contributed by atoms with Crippen LogP contribution in [0.5, 0.6) is 0 Å². The average Bonchev–Trinajstić information content (AvgIpc) is 3.00. The predicted molar refractivity (Wildman–Crippen MR) is 110 cm³/mol. The molecular weight excluding hydrogens is 433 g/mol. The molecule has 0 fully saturated rings. The van der Waals surface area contributed by atoms with Gasteiger partial charge >= 0.3 is 10.2 Å². The lowest BCUT2D eigenvalue weighted by Crippen LogP contribution is -2.30. The third-order valence-corrected chi connectivity index (χ3v) is 6.93. The second kappa shape index (κ2) is 8.41. The topological polar surface area (TPSA) is 55.2 Å². The van der Waals surface area contributed by atoms with Crippen LogP contribution in [0, 0.1) is 5.41 Å². The standard InChI is InChI=1S/C19H27BrFN3O2S/c1-6-19(2,3)12-16-13-24(27(25,26)23(4)5)18(22-16)17(21)11-14-7-9-15(20)10-8-14/h7-10,13,17H,6,11-12H2,1-5H3. The van der Waals surface area contributed by atoms with Gasteiger partial charge in [-0.05, 0) is 29.5 Å². The van der Waals surface area contributed by atoms with Gasteiger partial charge in [-0.1, -0.05) is 55.3 Å². The highest BCUT2D eigenvalue weighted by atomic mass is 79.9. The van der Waals surface area contributed by atoms with Crippen LogP contribution in [0.25, 0.3) is 0 Å². The van der Waals surface area contributed by atoms with Crippen LogP contribution in [0.3, 0.4) is 0 Å². The second-order valence-electron chi connectivity index (χ2n) is 7.67. The molecular formula is C19H27BrFN3O2S. The minimum absolute atomic E-state index is 0.0458. The molecule has 2 aromatic rings. The minimum atomic E-state index is -3.85. The summed E-state index contributed by atoms with van der Waals surface area (Å²) in [7, 11) is -0.998. The van der Waals surface area contributed by atoms with Crippen LogP contribution in [0.4, 0.5) is 4.39 Å². The summed E-state index contributed by atoms with van der Waals surface area (Å²) >= 11 is 3.35. The summed E-state index contributed by atoms with van der Waals surface area (Å²) in [5.74, 6) is -0.0754. The average molecular weight is 460 g/mol. The Bertz CT molecular complexity index is 877. The molecule has 5 nitrogen and oxygen atoms in total. The van der Waals surface area contributed by atoms with Gasteiger partial charge in [0.05, 0.1) is 5.69 Å². The largest absolute Gasteiger partial charge is 0.308 e. The quantitative estimate of drug-likeness (QED) is 0.582. The maximum Gasteiger partial charge on any atom is 0.308 e. The van der Waals surface area contributed by atoms with E-state index < -0.39 is 16.4 Å². The van der Waals surface area contributed by atoms with Gasteiger partial charge in [-0.2, -0.15) is 12.7 Å². The molecule has 0 saturated carbocycles. The molecule has 1 aromatic carbocycles. The third kappa shape index (κ3) is 5.39. The maximum absolute atomic E-state index is 15.1. The molecule has 0 aliphatic rings. The molecule has 150 valence electrons.